The zero-order valence-corrected chi connectivity index (χ0v) is 12.2. The molecule has 2 nitrogen and oxygen atoms in total. The van der Waals surface area contributed by atoms with Crippen LogP contribution in [0.15, 0.2) is 29.3 Å². The lowest BCUT2D eigenvalue weighted by atomic mass is 10.0. The van der Waals surface area contributed by atoms with Crippen LogP contribution in [-0.4, -0.2) is 28.9 Å². The number of amidine groups is 1. The average molecular weight is 292 g/mol. The number of thiophene rings is 1. The highest BCUT2D eigenvalue weighted by Crippen LogP contribution is 2.45. The van der Waals surface area contributed by atoms with Crippen molar-refractivity contribution in [3.05, 3.63) is 35.0 Å². The average Bonchev–Trinajstić information content (AvgIpc) is 3.06. The van der Waals surface area contributed by atoms with Gasteiger partial charge in [-0.05, 0) is 36.6 Å². The lowest BCUT2D eigenvalue weighted by Gasteiger charge is -2.32. The maximum Gasteiger partial charge on any atom is 0.160 e. The molecule has 1 fully saturated rings. The van der Waals surface area contributed by atoms with Crippen molar-refractivity contribution in [2.24, 2.45) is 4.99 Å². The second-order valence-electron chi connectivity index (χ2n) is 5.17. The molecule has 19 heavy (non-hydrogen) atoms. The Morgan fingerprint density at radius 3 is 3.16 bits per heavy atom. The number of benzene rings is 1. The number of rotatable bonds is 1. The van der Waals surface area contributed by atoms with Crippen LogP contribution in [0.1, 0.15) is 11.8 Å². The van der Waals surface area contributed by atoms with E-state index in [-0.39, 0.29) is 11.4 Å². The molecule has 0 radical (unpaired) electrons. The van der Waals surface area contributed by atoms with Gasteiger partial charge in [0.25, 0.3) is 0 Å². The van der Waals surface area contributed by atoms with Crippen molar-refractivity contribution in [2.45, 2.75) is 12.5 Å². The number of aliphatic imine (C=N–C) groups is 1. The first-order valence-electron chi connectivity index (χ1n) is 6.31. The highest BCUT2D eigenvalue weighted by molar-refractivity contribution is 8.14. The second-order valence-corrected chi connectivity index (χ2v) is 7.20. The van der Waals surface area contributed by atoms with Crippen molar-refractivity contribution in [3.63, 3.8) is 0 Å². The summed E-state index contributed by atoms with van der Waals surface area (Å²) >= 11 is 3.61. The van der Waals surface area contributed by atoms with Crippen molar-refractivity contribution >= 4 is 38.4 Å². The summed E-state index contributed by atoms with van der Waals surface area (Å²) in [6.07, 6.45) is 0. The van der Waals surface area contributed by atoms with Crippen molar-refractivity contribution in [1.82, 2.24) is 4.90 Å². The van der Waals surface area contributed by atoms with Crippen LogP contribution < -0.4 is 0 Å². The predicted octanol–water partition coefficient (Wildman–Crippen LogP) is 3.67. The Morgan fingerprint density at radius 2 is 2.26 bits per heavy atom. The molecular formula is C14H13FN2S2. The number of hydrogen-bond acceptors (Lipinski definition) is 4. The molecule has 1 aromatic heterocycles. The molecule has 0 bridgehead atoms. The zero-order chi connectivity index (χ0) is 13.0. The smallest absolute Gasteiger partial charge is 0.160 e. The molecule has 1 unspecified atom stereocenters. The molecule has 0 spiro atoms. The lowest BCUT2D eigenvalue weighted by molar-refractivity contribution is 0.260. The van der Waals surface area contributed by atoms with Gasteiger partial charge in [-0.2, -0.15) is 0 Å². The second kappa shape index (κ2) is 3.96. The number of nitrogens with zero attached hydrogens (tertiary/aromatic N) is 2. The third kappa shape index (κ3) is 1.64. The van der Waals surface area contributed by atoms with Crippen molar-refractivity contribution in [1.29, 1.82) is 0 Å². The Bertz CT molecular complexity index is 694. The Labute approximate surface area is 119 Å². The normalized spacial score (nSPS) is 26.0. The van der Waals surface area contributed by atoms with Crippen LogP contribution in [-0.2, 0) is 5.54 Å². The van der Waals surface area contributed by atoms with Gasteiger partial charge >= 0.3 is 0 Å². The van der Waals surface area contributed by atoms with E-state index in [0.717, 1.165) is 28.9 Å². The largest absolute Gasteiger partial charge is 0.338 e. The molecule has 2 aromatic rings. The lowest BCUT2D eigenvalue weighted by Crippen LogP contribution is -2.40. The van der Waals surface area contributed by atoms with Gasteiger partial charge < -0.3 is 4.90 Å². The summed E-state index contributed by atoms with van der Waals surface area (Å²) in [5.41, 5.74) is 0.0141. The van der Waals surface area contributed by atoms with E-state index in [1.165, 1.54) is 16.1 Å². The van der Waals surface area contributed by atoms with Crippen molar-refractivity contribution < 1.29 is 4.39 Å². The van der Waals surface area contributed by atoms with Crippen LogP contribution in [0.25, 0.3) is 10.1 Å². The minimum atomic E-state index is -0.161. The summed E-state index contributed by atoms with van der Waals surface area (Å²) < 4.78 is 14.5. The molecule has 4 rings (SSSR count). The van der Waals surface area contributed by atoms with E-state index in [0.29, 0.717) is 0 Å². The van der Waals surface area contributed by atoms with Gasteiger partial charge in [-0.15, -0.1) is 11.3 Å². The monoisotopic (exact) mass is 292 g/mol. The summed E-state index contributed by atoms with van der Waals surface area (Å²) in [5, 5.41) is 2.18. The highest BCUT2D eigenvalue weighted by Gasteiger charge is 2.44. The van der Waals surface area contributed by atoms with Gasteiger partial charge in [0, 0.05) is 21.9 Å². The number of fused-ring (bicyclic) bond motifs is 2. The number of halogens is 1. The molecule has 3 heterocycles. The SMILES string of the molecule is CC1(c2cc3cc(F)ccc3s2)CSC2=NCCN21. The van der Waals surface area contributed by atoms with Gasteiger partial charge in [0.2, 0.25) is 0 Å². The fourth-order valence-corrected chi connectivity index (χ4v) is 5.42. The Hall–Kier alpha value is -1.07. The third-order valence-electron chi connectivity index (χ3n) is 3.89. The van der Waals surface area contributed by atoms with E-state index < -0.39 is 0 Å². The molecule has 0 amide bonds. The van der Waals surface area contributed by atoms with Gasteiger partial charge in [0.05, 0.1) is 12.1 Å². The number of thioether (sulfide) groups is 1. The van der Waals surface area contributed by atoms with Gasteiger partial charge in [0.15, 0.2) is 5.17 Å². The predicted molar refractivity (Wildman–Crippen MR) is 80.6 cm³/mol. The van der Waals surface area contributed by atoms with Gasteiger partial charge in [-0.3, -0.25) is 4.99 Å². The summed E-state index contributed by atoms with van der Waals surface area (Å²) in [4.78, 5) is 8.25. The van der Waals surface area contributed by atoms with Gasteiger partial charge in [-0.25, -0.2) is 4.39 Å². The quantitative estimate of drug-likeness (QED) is 0.797. The van der Waals surface area contributed by atoms with Crippen LogP contribution in [0.4, 0.5) is 4.39 Å². The van der Waals surface area contributed by atoms with Gasteiger partial charge in [0.1, 0.15) is 5.82 Å². The summed E-state index contributed by atoms with van der Waals surface area (Å²) in [5.74, 6) is 0.868. The maximum absolute atomic E-state index is 13.3. The van der Waals surface area contributed by atoms with Crippen LogP contribution >= 0.6 is 23.1 Å². The Morgan fingerprint density at radius 1 is 1.37 bits per heavy atom. The molecule has 2 aliphatic rings. The first kappa shape index (κ1) is 11.7. The molecule has 0 aliphatic carbocycles. The van der Waals surface area contributed by atoms with E-state index in [1.807, 2.05) is 17.8 Å². The van der Waals surface area contributed by atoms with Crippen molar-refractivity contribution in [2.75, 3.05) is 18.8 Å². The standard InChI is InChI=1S/C14H13FN2S2/c1-14(8-18-13-16-4-5-17(13)14)12-7-9-6-10(15)2-3-11(9)19-12/h2-3,6-7H,4-5,8H2,1H3. The molecule has 2 aliphatic heterocycles. The molecule has 5 heteroatoms. The first-order chi connectivity index (χ1) is 9.17. The Kier molecular flexibility index (Phi) is 2.45. The van der Waals surface area contributed by atoms with Crippen LogP contribution in [0, 0.1) is 5.82 Å². The third-order valence-corrected chi connectivity index (χ3v) is 6.57. The van der Waals surface area contributed by atoms with Crippen molar-refractivity contribution in [3.8, 4) is 0 Å². The summed E-state index contributed by atoms with van der Waals surface area (Å²) in [6, 6.07) is 7.19. The molecule has 1 saturated heterocycles. The number of hydrogen-bond donors (Lipinski definition) is 0. The van der Waals surface area contributed by atoms with Gasteiger partial charge in [-0.1, -0.05) is 11.8 Å². The van der Waals surface area contributed by atoms with E-state index in [4.69, 9.17) is 0 Å². The van der Waals surface area contributed by atoms with Crippen LogP contribution in [0.2, 0.25) is 0 Å². The van der Waals surface area contributed by atoms with E-state index in [1.54, 1.807) is 17.4 Å². The molecule has 1 aromatic carbocycles. The Balaban J connectivity index is 1.83. The summed E-state index contributed by atoms with van der Waals surface area (Å²) in [6.45, 7) is 4.17. The minimum absolute atomic E-state index is 0.0141. The van der Waals surface area contributed by atoms with E-state index in [2.05, 4.69) is 22.9 Å². The topological polar surface area (TPSA) is 15.6 Å². The minimum Gasteiger partial charge on any atom is -0.338 e. The zero-order valence-electron chi connectivity index (χ0n) is 10.5. The van der Waals surface area contributed by atoms with E-state index >= 15 is 0 Å². The maximum atomic E-state index is 13.3. The summed E-state index contributed by atoms with van der Waals surface area (Å²) in [7, 11) is 0. The first-order valence-corrected chi connectivity index (χ1v) is 8.11. The molecule has 0 N–H and O–H groups in total. The molecule has 98 valence electrons. The fraction of sp³-hybridized carbons (Fsp3) is 0.357. The fourth-order valence-electron chi connectivity index (χ4n) is 2.77. The molecule has 1 atom stereocenters. The van der Waals surface area contributed by atoms with Crippen LogP contribution in [0.5, 0.6) is 0 Å². The molecule has 0 saturated carbocycles. The molecular weight excluding hydrogens is 279 g/mol. The van der Waals surface area contributed by atoms with E-state index in [9.17, 15) is 4.39 Å². The van der Waals surface area contributed by atoms with Crippen LogP contribution in [0.3, 0.4) is 0 Å². The highest BCUT2D eigenvalue weighted by atomic mass is 32.2.